The second-order valence-electron chi connectivity index (χ2n) is 8.49. The van der Waals surface area contributed by atoms with E-state index in [1.54, 1.807) is 13.2 Å². The lowest BCUT2D eigenvalue weighted by Gasteiger charge is -2.45. The zero-order valence-corrected chi connectivity index (χ0v) is 18.6. The van der Waals surface area contributed by atoms with Gasteiger partial charge in [-0.05, 0) is 56.7 Å². The molecule has 2 aliphatic rings. The smallest absolute Gasteiger partial charge is 0.338 e. The number of non-ortho nitro benzene ring substituents is 1. The van der Waals surface area contributed by atoms with Gasteiger partial charge in [-0.25, -0.2) is 4.79 Å². The normalized spacial score (nSPS) is 19.7. The average molecular weight is 436 g/mol. The summed E-state index contributed by atoms with van der Waals surface area (Å²) in [5.74, 6) is 0.275. The summed E-state index contributed by atoms with van der Waals surface area (Å²) in [7, 11) is 3.53. The van der Waals surface area contributed by atoms with Crippen molar-refractivity contribution in [3.63, 3.8) is 0 Å². The minimum atomic E-state index is -0.963. The number of ether oxygens (including phenoxy) is 3. The van der Waals surface area contributed by atoms with Crippen molar-refractivity contribution in [1.82, 2.24) is 0 Å². The van der Waals surface area contributed by atoms with Crippen LogP contribution in [-0.4, -0.2) is 30.8 Å². The summed E-state index contributed by atoms with van der Waals surface area (Å²) < 4.78 is 17.4. The standard InChI is InChI=1S/C24H24N2O6/c1-14(2)22(27)31-20-12-16(26(28)29)11-15-9-10-24(32-21(15)20)23(3,4)18-13-17(30-6)7-8-19(18)25(24)5/h7-13H,1H2,2-6H3/t24-/m0/s1. The van der Waals surface area contributed by atoms with E-state index in [4.69, 9.17) is 14.2 Å². The third-order valence-corrected chi connectivity index (χ3v) is 6.21. The van der Waals surface area contributed by atoms with Crippen LogP contribution in [0.25, 0.3) is 6.08 Å². The summed E-state index contributed by atoms with van der Waals surface area (Å²) in [5.41, 5.74) is 0.897. The zero-order valence-electron chi connectivity index (χ0n) is 18.6. The Kier molecular flexibility index (Phi) is 4.76. The molecule has 0 saturated carbocycles. The molecule has 0 fully saturated rings. The van der Waals surface area contributed by atoms with Gasteiger partial charge in [-0.1, -0.05) is 6.58 Å². The maximum atomic E-state index is 12.2. The number of nitrogens with zero attached hydrogens (tertiary/aromatic N) is 2. The van der Waals surface area contributed by atoms with E-state index in [1.165, 1.54) is 19.1 Å². The molecular formula is C24H24N2O6. The highest BCUT2D eigenvalue weighted by Gasteiger charge is 2.58. The minimum absolute atomic E-state index is 0.0244. The number of nitro groups is 1. The highest BCUT2D eigenvalue weighted by molar-refractivity contribution is 5.90. The van der Waals surface area contributed by atoms with E-state index in [2.05, 4.69) is 20.4 Å². The van der Waals surface area contributed by atoms with Gasteiger partial charge in [0, 0.05) is 29.9 Å². The lowest BCUT2D eigenvalue weighted by molar-refractivity contribution is -0.385. The van der Waals surface area contributed by atoms with E-state index < -0.39 is 22.0 Å². The molecule has 1 spiro atoms. The van der Waals surface area contributed by atoms with Crippen LogP contribution in [0.1, 0.15) is 31.9 Å². The molecule has 1 atom stereocenters. The predicted octanol–water partition coefficient (Wildman–Crippen LogP) is 4.61. The Hall–Kier alpha value is -3.81. The van der Waals surface area contributed by atoms with Gasteiger partial charge in [0.15, 0.2) is 11.5 Å². The fraction of sp³-hybridized carbons (Fsp3) is 0.292. The Labute approximate surface area is 185 Å². The van der Waals surface area contributed by atoms with Crippen LogP contribution in [0.3, 0.4) is 0 Å². The lowest BCUT2D eigenvalue weighted by Crippen LogP contribution is -2.58. The van der Waals surface area contributed by atoms with Crippen molar-refractivity contribution >= 4 is 23.4 Å². The largest absolute Gasteiger partial charge is 0.497 e. The van der Waals surface area contributed by atoms with E-state index >= 15 is 0 Å². The highest BCUT2D eigenvalue weighted by Crippen LogP contribution is 2.56. The summed E-state index contributed by atoms with van der Waals surface area (Å²) in [6, 6.07) is 8.42. The number of nitro benzene ring substituents is 1. The number of anilines is 1. The third-order valence-electron chi connectivity index (χ3n) is 6.21. The second kappa shape index (κ2) is 7.12. The van der Waals surface area contributed by atoms with Crippen LogP contribution in [0.15, 0.2) is 48.6 Å². The summed E-state index contributed by atoms with van der Waals surface area (Å²) in [4.78, 5) is 25.1. The summed E-state index contributed by atoms with van der Waals surface area (Å²) in [5, 5.41) is 11.4. The van der Waals surface area contributed by atoms with Gasteiger partial charge in [0.05, 0.1) is 23.5 Å². The van der Waals surface area contributed by atoms with Gasteiger partial charge in [0.2, 0.25) is 5.72 Å². The van der Waals surface area contributed by atoms with Crippen molar-refractivity contribution in [2.24, 2.45) is 0 Å². The molecule has 0 aliphatic carbocycles. The zero-order chi connectivity index (χ0) is 23.4. The topological polar surface area (TPSA) is 91.1 Å². The number of carbonyl (C=O) groups excluding carboxylic acids is 1. The second-order valence-corrected chi connectivity index (χ2v) is 8.49. The molecule has 8 nitrogen and oxygen atoms in total. The van der Waals surface area contributed by atoms with Crippen molar-refractivity contribution in [3.05, 3.63) is 69.8 Å². The van der Waals surface area contributed by atoms with Crippen LogP contribution in [0.2, 0.25) is 0 Å². The van der Waals surface area contributed by atoms with Crippen LogP contribution in [-0.2, 0) is 10.2 Å². The number of fused-ring (bicyclic) bond motifs is 2. The molecular weight excluding hydrogens is 412 g/mol. The van der Waals surface area contributed by atoms with E-state index in [9.17, 15) is 14.9 Å². The number of hydrogen-bond donors (Lipinski definition) is 0. The minimum Gasteiger partial charge on any atom is -0.497 e. The lowest BCUT2D eigenvalue weighted by atomic mass is 9.76. The summed E-state index contributed by atoms with van der Waals surface area (Å²) in [6.45, 7) is 9.19. The number of esters is 1. The molecule has 32 heavy (non-hydrogen) atoms. The molecule has 2 heterocycles. The van der Waals surface area contributed by atoms with Gasteiger partial charge in [-0.2, -0.15) is 0 Å². The molecule has 8 heteroatoms. The quantitative estimate of drug-likeness (QED) is 0.227. The van der Waals surface area contributed by atoms with E-state index in [-0.39, 0.29) is 22.8 Å². The molecule has 0 aromatic heterocycles. The van der Waals surface area contributed by atoms with Crippen molar-refractivity contribution < 1.29 is 23.9 Å². The maximum absolute atomic E-state index is 12.2. The van der Waals surface area contributed by atoms with Gasteiger partial charge in [-0.3, -0.25) is 10.1 Å². The van der Waals surface area contributed by atoms with Gasteiger partial charge >= 0.3 is 5.97 Å². The molecule has 0 saturated heterocycles. The van der Waals surface area contributed by atoms with Crippen LogP contribution >= 0.6 is 0 Å². The van der Waals surface area contributed by atoms with Gasteiger partial charge < -0.3 is 19.1 Å². The van der Waals surface area contributed by atoms with Crippen LogP contribution < -0.4 is 19.1 Å². The maximum Gasteiger partial charge on any atom is 0.338 e. The number of benzene rings is 2. The Morgan fingerprint density at radius 3 is 2.59 bits per heavy atom. The highest BCUT2D eigenvalue weighted by atomic mass is 16.6. The fourth-order valence-electron chi connectivity index (χ4n) is 4.34. The number of likely N-dealkylation sites (N-methyl/N-ethyl adjacent to an activating group) is 1. The summed E-state index contributed by atoms with van der Waals surface area (Å²) in [6.07, 6.45) is 3.65. The first kappa shape index (κ1) is 21.4. The number of methoxy groups -OCH3 is 1. The van der Waals surface area contributed by atoms with E-state index in [1.807, 2.05) is 36.2 Å². The third kappa shape index (κ3) is 2.94. The van der Waals surface area contributed by atoms with E-state index in [0.29, 0.717) is 5.56 Å². The predicted molar refractivity (Wildman–Crippen MR) is 120 cm³/mol. The first-order valence-electron chi connectivity index (χ1n) is 10.0. The molecule has 0 radical (unpaired) electrons. The molecule has 4 rings (SSSR count). The fourth-order valence-corrected chi connectivity index (χ4v) is 4.34. The molecule has 0 bridgehead atoms. The van der Waals surface area contributed by atoms with E-state index in [0.717, 1.165) is 17.0 Å². The van der Waals surface area contributed by atoms with Crippen LogP contribution in [0, 0.1) is 10.1 Å². The van der Waals surface area contributed by atoms with Gasteiger partial charge in [0.1, 0.15) is 5.75 Å². The molecule has 2 aromatic rings. The average Bonchev–Trinajstić information content (AvgIpc) is 2.91. The Balaban J connectivity index is 1.87. The Morgan fingerprint density at radius 1 is 1.25 bits per heavy atom. The first-order chi connectivity index (χ1) is 15.0. The van der Waals surface area contributed by atoms with Crippen molar-refractivity contribution in [3.8, 4) is 17.2 Å². The monoisotopic (exact) mass is 436 g/mol. The summed E-state index contributed by atoms with van der Waals surface area (Å²) >= 11 is 0. The Bertz CT molecular complexity index is 1200. The number of rotatable bonds is 4. The van der Waals surface area contributed by atoms with Crippen molar-refractivity contribution in [1.29, 1.82) is 0 Å². The van der Waals surface area contributed by atoms with Crippen molar-refractivity contribution in [2.75, 3.05) is 19.1 Å². The molecule has 0 amide bonds. The molecule has 0 N–H and O–H groups in total. The van der Waals surface area contributed by atoms with Crippen LogP contribution in [0.5, 0.6) is 17.2 Å². The molecule has 2 aromatic carbocycles. The van der Waals surface area contributed by atoms with Crippen molar-refractivity contribution in [2.45, 2.75) is 31.9 Å². The first-order valence-corrected chi connectivity index (χ1v) is 10.0. The molecule has 166 valence electrons. The molecule has 2 aliphatic heterocycles. The number of hydrogen-bond acceptors (Lipinski definition) is 7. The number of carbonyl (C=O) groups is 1. The SMILES string of the molecule is C=C(C)C(=O)Oc1cc([N+](=O)[O-])cc2c1O[C@]1(C=C2)N(C)c2ccc(OC)cc2C1(C)C. The molecule has 0 unspecified atom stereocenters. The van der Waals surface area contributed by atoms with Crippen LogP contribution in [0.4, 0.5) is 11.4 Å². The Morgan fingerprint density at radius 2 is 1.97 bits per heavy atom. The van der Waals surface area contributed by atoms with Gasteiger partial charge in [-0.15, -0.1) is 0 Å². The van der Waals surface area contributed by atoms with Gasteiger partial charge in [0.25, 0.3) is 5.69 Å².